The van der Waals surface area contributed by atoms with Crippen LogP contribution in [0.1, 0.15) is 20.8 Å². The highest BCUT2D eigenvalue weighted by Crippen LogP contribution is 2.22. The van der Waals surface area contributed by atoms with Gasteiger partial charge in [0, 0.05) is 63.1 Å². The van der Waals surface area contributed by atoms with Gasteiger partial charge in [-0.3, -0.25) is 9.89 Å². The summed E-state index contributed by atoms with van der Waals surface area (Å²) in [5, 5.41) is 3.49. The fourth-order valence-corrected chi connectivity index (χ4v) is 4.13. The Labute approximate surface area is 198 Å². The van der Waals surface area contributed by atoms with Gasteiger partial charge in [0.25, 0.3) is 0 Å². The van der Waals surface area contributed by atoms with Crippen LogP contribution in [0.15, 0.2) is 29.3 Å². The van der Waals surface area contributed by atoms with Gasteiger partial charge in [0.1, 0.15) is 5.75 Å². The van der Waals surface area contributed by atoms with Crippen molar-refractivity contribution in [3.63, 3.8) is 0 Å². The molecule has 0 radical (unpaired) electrons. The van der Waals surface area contributed by atoms with Gasteiger partial charge in [0.05, 0.1) is 26.9 Å². The summed E-state index contributed by atoms with van der Waals surface area (Å²) < 4.78 is 10.9. The first-order chi connectivity index (χ1) is 14.1. The van der Waals surface area contributed by atoms with Crippen LogP contribution in [0.4, 0.5) is 5.69 Å². The van der Waals surface area contributed by atoms with E-state index in [1.165, 1.54) is 5.69 Å². The van der Waals surface area contributed by atoms with Gasteiger partial charge >= 0.3 is 0 Å². The van der Waals surface area contributed by atoms with Gasteiger partial charge in [0.2, 0.25) is 0 Å². The largest absolute Gasteiger partial charge is 0.497 e. The van der Waals surface area contributed by atoms with Crippen molar-refractivity contribution in [1.29, 1.82) is 0 Å². The number of nitrogens with zero attached hydrogens (tertiary/aromatic N) is 4. The second-order valence-electron chi connectivity index (χ2n) is 7.88. The first-order valence-electron chi connectivity index (χ1n) is 10.9. The van der Waals surface area contributed by atoms with E-state index >= 15 is 0 Å². The van der Waals surface area contributed by atoms with Crippen molar-refractivity contribution in [3.05, 3.63) is 24.3 Å². The molecule has 3 rings (SSSR count). The van der Waals surface area contributed by atoms with E-state index in [1.54, 1.807) is 7.11 Å². The summed E-state index contributed by atoms with van der Waals surface area (Å²) in [6, 6.07) is 9.19. The third-order valence-corrected chi connectivity index (χ3v) is 5.82. The molecule has 7 nitrogen and oxygen atoms in total. The van der Waals surface area contributed by atoms with Gasteiger partial charge in [-0.1, -0.05) is 6.07 Å². The Morgan fingerprint density at radius 2 is 2.03 bits per heavy atom. The molecule has 0 bridgehead atoms. The molecular formula is C22H38IN5O2. The van der Waals surface area contributed by atoms with Crippen molar-refractivity contribution >= 4 is 35.6 Å². The summed E-state index contributed by atoms with van der Waals surface area (Å²) in [5.74, 6) is 1.94. The molecule has 2 saturated heterocycles. The number of benzene rings is 1. The van der Waals surface area contributed by atoms with Crippen LogP contribution >= 0.6 is 24.0 Å². The number of halogens is 1. The monoisotopic (exact) mass is 531 g/mol. The Hall–Kier alpha value is -1.26. The first kappa shape index (κ1) is 25.0. The molecule has 0 saturated carbocycles. The topological polar surface area (TPSA) is 52.6 Å². The molecule has 2 unspecified atom stereocenters. The minimum absolute atomic E-state index is 0. The summed E-state index contributed by atoms with van der Waals surface area (Å²) in [4.78, 5) is 12.3. The van der Waals surface area contributed by atoms with Crippen LogP contribution in [0.2, 0.25) is 0 Å². The Bertz CT molecular complexity index is 667. The van der Waals surface area contributed by atoms with Gasteiger partial charge in [-0.15, -0.1) is 24.0 Å². The highest BCUT2D eigenvalue weighted by molar-refractivity contribution is 14.0. The number of rotatable bonds is 6. The summed E-state index contributed by atoms with van der Waals surface area (Å²) in [6.07, 6.45) is 0. The van der Waals surface area contributed by atoms with Crippen LogP contribution in [-0.4, -0.2) is 94.0 Å². The Morgan fingerprint density at radius 1 is 1.27 bits per heavy atom. The fraction of sp³-hybridized carbons (Fsp3) is 0.682. The number of methoxy groups -OCH3 is 1. The standard InChI is InChI=1S/C22H37N5O2.HI/c1-5-23-22(24-16-18(2)27-13-14-29-17-19(27)3)26-11-9-25(10-12-26)20-7-6-8-21(15-20)28-4;/h6-8,15,18-19H,5,9-14,16-17H2,1-4H3,(H,23,24);1H. The molecule has 2 aliphatic heterocycles. The van der Waals surface area contributed by atoms with Gasteiger partial charge in [0.15, 0.2) is 5.96 Å². The first-order valence-corrected chi connectivity index (χ1v) is 10.9. The third kappa shape index (κ3) is 6.62. The normalized spacial score (nSPS) is 21.7. The lowest BCUT2D eigenvalue weighted by molar-refractivity contribution is -0.0166. The molecule has 0 spiro atoms. The number of aliphatic imine (C=N–C) groups is 1. The molecule has 2 atom stereocenters. The van der Waals surface area contributed by atoms with Crippen LogP contribution in [0.5, 0.6) is 5.75 Å². The highest BCUT2D eigenvalue weighted by Gasteiger charge is 2.24. The predicted molar refractivity (Wildman–Crippen MR) is 135 cm³/mol. The van der Waals surface area contributed by atoms with Gasteiger partial charge < -0.3 is 24.6 Å². The maximum Gasteiger partial charge on any atom is 0.194 e. The van der Waals surface area contributed by atoms with E-state index in [9.17, 15) is 0 Å². The SMILES string of the molecule is CCNC(=NCC(C)N1CCOCC1C)N1CCN(c2cccc(OC)c2)CC1.I. The lowest BCUT2D eigenvalue weighted by atomic mass is 10.2. The molecule has 1 aromatic rings. The summed E-state index contributed by atoms with van der Waals surface area (Å²) in [7, 11) is 1.72. The van der Waals surface area contributed by atoms with E-state index < -0.39 is 0 Å². The molecule has 1 aromatic carbocycles. The Balaban J connectivity index is 0.00000320. The molecule has 30 heavy (non-hydrogen) atoms. The molecule has 2 aliphatic rings. The lowest BCUT2D eigenvalue weighted by Gasteiger charge is -2.39. The number of ether oxygens (including phenoxy) is 2. The Kier molecular flexibility index (Phi) is 10.5. The zero-order valence-corrected chi connectivity index (χ0v) is 21.2. The van der Waals surface area contributed by atoms with Crippen molar-refractivity contribution in [3.8, 4) is 5.75 Å². The quantitative estimate of drug-likeness (QED) is 0.346. The zero-order chi connectivity index (χ0) is 20.6. The second kappa shape index (κ2) is 12.6. The molecule has 1 N–H and O–H groups in total. The number of hydrogen-bond acceptors (Lipinski definition) is 5. The van der Waals surface area contributed by atoms with Crippen LogP contribution in [0.25, 0.3) is 0 Å². The molecule has 0 aliphatic carbocycles. The average molecular weight is 531 g/mol. The number of guanidine groups is 1. The van der Waals surface area contributed by atoms with Crippen LogP contribution in [0.3, 0.4) is 0 Å². The minimum atomic E-state index is 0. The maximum atomic E-state index is 5.57. The lowest BCUT2D eigenvalue weighted by Crippen LogP contribution is -2.53. The molecule has 8 heteroatoms. The number of anilines is 1. The number of hydrogen-bond donors (Lipinski definition) is 1. The zero-order valence-electron chi connectivity index (χ0n) is 18.8. The van der Waals surface area contributed by atoms with E-state index in [2.05, 4.69) is 59.0 Å². The fourth-order valence-electron chi connectivity index (χ4n) is 4.13. The van der Waals surface area contributed by atoms with Crippen molar-refractivity contribution in [2.75, 3.05) is 71.0 Å². The highest BCUT2D eigenvalue weighted by atomic mass is 127. The van der Waals surface area contributed by atoms with Crippen molar-refractivity contribution in [1.82, 2.24) is 15.1 Å². The van der Waals surface area contributed by atoms with Gasteiger partial charge in [-0.05, 0) is 32.9 Å². The summed E-state index contributed by atoms with van der Waals surface area (Å²) >= 11 is 0. The van der Waals surface area contributed by atoms with Crippen molar-refractivity contribution < 1.29 is 9.47 Å². The molecule has 170 valence electrons. The minimum Gasteiger partial charge on any atom is -0.497 e. The number of nitrogens with one attached hydrogen (secondary N) is 1. The number of morpholine rings is 1. The molecular weight excluding hydrogens is 493 g/mol. The summed E-state index contributed by atoms with van der Waals surface area (Å²) in [5.41, 5.74) is 1.22. The average Bonchev–Trinajstić information content (AvgIpc) is 2.77. The smallest absolute Gasteiger partial charge is 0.194 e. The van der Waals surface area contributed by atoms with E-state index in [-0.39, 0.29) is 24.0 Å². The molecule has 2 fully saturated rings. The molecule has 2 heterocycles. The van der Waals surface area contributed by atoms with Crippen molar-refractivity contribution in [2.24, 2.45) is 4.99 Å². The molecule has 0 amide bonds. The Morgan fingerprint density at radius 3 is 2.70 bits per heavy atom. The van der Waals surface area contributed by atoms with Gasteiger partial charge in [-0.25, -0.2) is 0 Å². The van der Waals surface area contributed by atoms with E-state index in [4.69, 9.17) is 14.5 Å². The van der Waals surface area contributed by atoms with Crippen LogP contribution in [0, 0.1) is 0 Å². The van der Waals surface area contributed by atoms with Crippen molar-refractivity contribution in [2.45, 2.75) is 32.9 Å². The van der Waals surface area contributed by atoms with E-state index in [0.29, 0.717) is 12.1 Å². The van der Waals surface area contributed by atoms with E-state index in [1.807, 2.05) is 6.07 Å². The van der Waals surface area contributed by atoms with Crippen LogP contribution in [-0.2, 0) is 4.74 Å². The second-order valence-corrected chi connectivity index (χ2v) is 7.88. The van der Waals surface area contributed by atoms with Crippen LogP contribution < -0.4 is 15.0 Å². The molecule has 0 aromatic heterocycles. The van der Waals surface area contributed by atoms with E-state index in [0.717, 1.165) is 70.7 Å². The number of piperazine rings is 1. The summed E-state index contributed by atoms with van der Waals surface area (Å²) in [6.45, 7) is 14.9. The predicted octanol–water partition coefficient (Wildman–Crippen LogP) is 2.51. The third-order valence-electron chi connectivity index (χ3n) is 5.82. The van der Waals surface area contributed by atoms with Gasteiger partial charge in [-0.2, -0.15) is 0 Å². The maximum absolute atomic E-state index is 5.57.